The van der Waals surface area contributed by atoms with E-state index in [1.807, 2.05) is 37.3 Å². The van der Waals surface area contributed by atoms with Gasteiger partial charge in [-0.25, -0.2) is 0 Å². The highest BCUT2D eigenvalue weighted by Gasteiger charge is 2.03. The topological polar surface area (TPSA) is 46.2 Å². The van der Waals surface area contributed by atoms with Gasteiger partial charge in [0.2, 0.25) is 0 Å². The average molecular weight is 256 g/mol. The summed E-state index contributed by atoms with van der Waals surface area (Å²) in [6, 6.07) is 9.96. The second-order valence-electron chi connectivity index (χ2n) is 3.59. The van der Waals surface area contributed by atoms with E-state index in [4.69, 9.17) is 18.9 Å². The largest absolute Gasteiger partial charge is 0.359 e. The van der Waals surface area contributed by atoms with Gasteiger partial charge in [0.25, 0.3) is 0 Å². The lowest BCUT2D eigenvalue weighted by atomic mass is 10.1. The Morgan fingerprint density at radius 1 is 0.889 bits per heavy atom. The first kappa shape index (κ1) is 15.1. The molecule has 1 aromatic carbocycles. The highest BCUT2D eigenvalue weighted by molar-refractivity contribution is 5.16. The predicted molar refractivity (Wildman–Crippen MR) is 65.7 cm³/mol. The first-order valence-electron chi connectivity index (χ1n) is 5.73. The van der Waals surface area contributed by atoms with Gasteiger partial charge in [0.05, 0.1) is 6.10 Å². The molecule has 0 amide bonds. The first-order valence-corrected chi connectivity index (χ1v) is 5.73. The summed E-state index contributed by atoms with van der Waals surface area (Å²) in [5.74, 6) is 0. The highest BCUT2D eigenvalue weighted by Crippen LogP contribution is 2.15. The van der Waals surface area contributed by atoms with Gasteiger partial charge in [-0.2, -0.15) is 0 Å². The van der Waals surface area contributed by atoms with Gasteiger partial charge < -0.3 is 23.7 Å². The van der Waals surface area contributed by atoms with Crippen molar-refractivity contribution in [2.24, 2.45) is 0 Å². The number of rotatable bonds is 10. The van der Waals surface area contributed by atoms with Gasteiger partial charge in [0, 0.05) is 7.11 Å². The fraction of sp³-hybridized carbons (Fsp3) is 0.538. The fourth-order valence-corrected chi connectivity index (χ4v) is 1.27. The maximum atomic E-state index is 5.49. The molecule has 1 atom stereocenters. The van der Waals surface area contributed by atoms with Crippen LogP contribution in [0.15, 0.2) is 30.3 Å². The third-order valence-electron chi connectivity index (χ3n) is 2.20. The van der Waals surface area contributed by atoms with Crippen molar-refractivity contribution < 1.29 is 23.7 Å². The van der Waals surface area contributed by atoms with Crippen LogP contribution >= 0.6 is 0 Å². The summed E-state index contributed by atoms with van der Waals surface area (Å²) < 4.78 is 25.2. The summed E-state index contributed by atoms with van der Waals surface area (Å²) in [4.78, 5) is 0. The number of ether oxygens (including phenoxy) is 5. The van der Waals surface area contributed by atoms with Crippen LogP contribution in [0.2, 0.25) is 0 Å². The van der Waals surface area contributed by atoms with E-state index in [1.54, 1.807) is 7.11 Å². The Kier molecular flexibility index (Phi) is 8.37. The SMILES string of the molecule is COCOCOCOCO[C@H](C)c1ccccc1. The second kappa shape index (κ2) is 9.99. The number of benzene rings is 1. The van der Waals surface area contributed by atoms with Crippen molar-refractivity contribution >= 4 is 0 Å². The Labute approximate surface area is 108 Å². The lowest BCUT2D eigenvalue weighted by molar-refractivity contribution is -0.195. The van der Waals surface area contributed by atoms with Crippen LogP contribution in [0.25, 0.3) is 0 Å². The molecule has 1 rings (SSSR count). The summed E-state index contributed by atoms with van der Waals surface area (Å²) in [7, 11) is 1.55. The molecule has 0 unspecified atom stereocenters. The molecule has 0 saturated carbocycles. The van der Waals surface area contributed by atoms with Gasteiger partial charge >= 0.3 is 0 Å². The Morgan fingerprint density at radius 2 is 1.50 bits per heavy atom. The van der Waals surface area contributed by atoms with E-state index in [9.17, 15) is 0 Å². The van der Waals surface area contributed by atoms with Gasteiger partial charge in [0.1, 0.15) is 13.6 Å². The molecule has 0 fully saturated rings. The number of hydrogen-bond acceptors (Lipinski definition) is 5. The molecule has 0 aliphatic rings. The molecular weight excluding hydrogens is 236 g/mol. The van der Waals surface area contributed by atoms with Gasteiger partial charge in [-0.15, -0.1) is 0 Å². The van der Waals surface area contributed by atoms with Gasteiger partial charge in [-0.3, -0.25) is 0 Å². The van der Waals surface area contributed by atoms with Crippen molar-refractivity contribution in [2.45, 2.75) is 13.0 Å². The van der Waals surface area contributed by atoms with Crippen LogP contribution in [0.4, 0.5) is 0 Å². The predicted octanol–water partition coefficient (Wildman–Crippen LogP) is 2.29. The third kappa shape index (κ3) is 6.68. The van der Waals surface area contributed by atoms with E-state index in [0.717, 1.165) is 5.56 Å². The van der Waals surface area contributed by atoms with Gasteiger partial charge in [-0.1, -0.05) is 30.3 Å². The molecule has 5 nitrogen and oxygen atoms in total. The molecule has 0 saturated heterocycles. The van der Waals surface area contributed by atoms with Crippen LogP contribution in [0.5, 0.6) is 0 Å². The van der Waals surface area contributed by atoms with E-state index in [2.05, 4.69) is 4.74 Å². The van der Waals surface area contributed by atoms with Gasteiger partial charge in [-0.05, 0) is 12.5 Å². The summed E-state index contributed by atoms with van der Waals surface area (Å²) in [6.07, 6.45) is -0.00376. The van der Waals surface area contributed by atoms with Crippen molar-refractivity contribution in [2.75, 3.05) is 34.3 Å². The maximum absolute atomic E-state index is 5.49. The summed E-state index contributed by atoms with van der Waals surface area (Å²) in [6.45, 7) is 2.64. The lowest BCUT2D eigenvalue weighted by Gasteiger charge is -2.13. The van der Waals surface area contributed by atoms with Crippen molar-refractivity contribution in [3.05, 3.63) is 35.9 Å². The first-order chi connectivity index (χ1) is 8.84. The van der Waals surface area contributed by atoms with Crippen LogP contribution in [0.3, 0.4) is 0 Å². The zero-order chi connectivity index (χ0) is 13.1. The van der Waals surface area contributed by atoms with Crippen molar-refractivity contribution in [1.29, 1.82) is 0 Å². The molecule has 0 aliphatic heterocycles. The van der Waals surface area contributed by atoms with E-state index >= 15 is 0 Å². The zero-order valence-corrected chi connectivity index (χ0v) is 10.8. The van der Waals surface area contributed by atoms with E-state index in [-0.39, 0.29) is 33.3 Å². The van der Waals surface area contributed by atoms with E-state index < -0.39 is 0 Å². The molecule has 0 aliphatic carbocycles. The van der Waals surface area contributed by atoms with Gasteiger partial charge in [0.15, 0.2) is 13.6 Å². The zero-order valence-electron chi connectivity index (χ0n) is 10.8. The minimum Gasteiger partial charge on any atom is -0.359 e. The summed E-state index contributed by atoms with van der Waals surface area (Å²) >= 11 is 0. The Bertz CT molecular complexity index is 291. The molecule has 18 heavy (non-hydrogen) atoms. The number of hydrogen-bond donors (Lipinski definition) is 0. The second-order valence-corrected chi connectivity index (χ2v) is 3.59. The normalized spacial score (nSPS) is 12.6. The molecule has 0 radical (unpaired) electrons. The van der Waals surface area contributed by atoms with Crippen LogP contribution in [0, 0.1) is 0 Å². The Balaban J connectivity index is 1.98. The van der Waals surface area contributed by atoms with Crippen molar-refractivity contribution in [3.8, 4) is 0 Å². The molecule has 0 aromatic heterocycles. The summed E-state index contributed by atoms with van der Waals surface area (Å²) in [5, 5.41) is 0. The molecule has 0 N–H and O–H groups in total. The van der Waals surface area contributed by atoms with Crippen LogP contribution in [-0.2, 0) is 23.7 Å². The Morgan fingerprint density at radius 3 is 2.17 bits per heavy atom. The molecule has 102 valence electrons. The van der Waals surface area contributed by atoms with E-state index in [1.165, 1.54) is 0 Å². The van der Waals surface area contributed by atoms with Crippen LogP contribution in [0.1, 0.15) is 18.6 Å². The highest BCUT2D eigenvalue weighted by atomic mass is 16.8. The van der Waals surface area contributed by atoms with Crippen molar-refractivity contribution in [3.63, 3.8) is 0 Å². The molecule has 5 heteroatoms. The molecule has 0 heterocycles. The monoisotopic (exact) mass is 256 g/mol. The van der Waals surface area contributed by atoms with Crippen LogP contribution < -0.4 is 0 Å². The Hall–Kier alpha value is -0.980. The molecular formula is C13H20O5. The average Bonchev–Trinajstić information content (AvgIpc) is 2.42. The summed E-state index contributed by atoms with van der Waals surface area (Å²) in [5.41, 5.74) is 1.12. The fourth-order valence-electron chi connectivity index (χ4n) is 1.27. The smallest absolute Gasteiger partial charge is 0.152 e. The van der Waals surface area contributed by atoms with E-state index in [0.29, 0.717) is 0 Å². The standard InChI is InChI=1S/C13H20O5/c1-12(13-6-4-3-5-7-13)18-11-17-10-16-9-15-8-14-2/h3-7,12H,8-11H2,1-2H3/t12-/m1/s1. The minimum atomic E-state index is -0.00376. The maximum Gasteiger partial charge on any atom is 0.152 e. The number of methoxy groups -OCH3 is 1. The van der Waals surface area contributed by atoms with Crippen molar-refractivity contribution in [1.82, 2.24) is 0 Å². The molecule has 1 aromatic rings. The molecule has 0 bridgehead atoms. The van der Waals surface area contributed by atoms with Crippen LogP contribution in [-0.4, -0.2) is 34.3 Å². The lowest BCUT2D eigenvalue weighted by Crippen LogP contribution is -2.09. The third-order valence-corrected chi connectivity index (χ3v) is 2.20. The molecule has 0 spiro atoms. The minimum absolute atomic E-state index is 0.00376. The quantitative estimate of drug-likeness (QED) is 0.475.